The molecule has 0 atom stereocenters. The van der Waals surface area contributed by atoms with Crippen LogP contribution in [0.4, 0.5) is 5.13 Å². The van der Waals surface area contributed by atoms with E-state index >= 15 is 0 Å². The second-order valence-electron chi connectivity index (χ2n) is 6.11. The van der Waals surface area contributed by atoms with Gasteiger partial charge in [-0.05, 0) is 41.8 Å². The molecule has 0 bridgehead atoms. The van der Waals surface area contributed by atoms with E-state index in [1.54, 1.807) is 0 Å². The molecular formula is C20H18N2O2S. The topological polar surface area (TPSA) is 51.2 Å². The summed E-state index contributed by atoms with van der Waals surface area (Å²) in [6.07, 6.45) is 1.30. The Morgan fingerprint density at radius 3 is 3.04 bits per heavy atom. The second-order valence-corrected chi connectivity index (χ2v) is 6.97. The highest BCUT2D eigenvalue weighted by Gasteiger charge is 2.14. The van der Waals surface area contributed by atoms with Gasteiger partial charge in [-0.3, -0.25) is 4.79 Å². The van der Waals surface area contributed by atoms with E-state index in [0.717, 1.165) is 41.2 Å². The van der Waals surface area contributed by atoms with Crippen molar-refractivity contribution in [3.63, 3.8) is 0 Å². The molecule has 5 heteroatoms. The first-order valence-corrected chi connectivity index (χ1v) is 9.13. The van der Waals surface area contributed by atoms with E-state index in [0.29, 0.717) is 11.6 Å². The molecule has 3 aromatic rings. The van der Waals surface area contributed by atoms with Gasteiger partial charge in [-0.15, -0.1) is 11.3 Å². The number of anilines is 1. The molecular weight excluding hydrogens is 332 g/mol. The van der Waals surface area contributed by atoms with Gasteiger partial charge in [0.2, 0.25) is 5.91 Å². The molecule has 2 aromatic carbocycles. The van der Waals surface area contributed by atoms with Crippen molar-refractivity contribution >= 4 is 22.4 Å². The third-order valence-electron chi connectivity index (χ3n) is 4.35. The van der Waals surface area contributed by atoms with Crippen LogP contribution in [0.5, 0.6) is 5.75 Å². The number of ether oxygens (including phenoxy) is 1. The first-order valence-electron chi connectivity index (χ1n) is 8.25. The van der Waals surface area contributed by atoms with Crippen molar-refractivity contribution in [2.24, 2.45) is 0 Å². The summed E-state index contributed by atoms with van der Waals surface area (Å²) in [4.78, 5) is 16.8. The van der Waals surface area contributed by atoms with Crippen LogP contribution in [0.1, 0.15) is 16.7 Å². The van der Waals surface area contributed by atoms with Gasteiger partial charge in [-0.2, -0.15) is 0 Å². The lowest BCUT2D eigenvalue weighted by molar-refractivity contribution is -0.115. The highest BCUT2D eigenvalue weighted by molar-refractivity contribution is 7.14. The van der Waals surface area contributed by atoms with E-state index in [1.165, 1.54) is 16.9 Å². The van der Waals surface area contributed by atoms with Crippen LogP contribution in [0.25, 0.3) is 11.3 Å². The van der Waals surface area contributed by atoms with E-state index in [9.17, 15) is 4.79 Å². The van der Waals surface area contributed by atoms with Gasteiger partial charge in [0.15, 0.2) is 5.13 Å². The first kappa shape index (κ1) is 15.8. The fourth-order valence-corrected chi connectivity index (χ4v) is 3.69. The van der Waals surface area contributed by atoms with Gasteiger partial charge in [0.05, 0.1) is 18.7 Å². The third kappa shape index (κ3) is 3.42. The highest BCUT2D eigenvalue weighted by Crippen LogP contribution is 2.31. The maximum absolute atomic E-state index is 12.3. The summed E-state index contributed by atoms with van der Waals surface area (Å²) < 4.78 is 5.54. The SMILES string of the molecule is Cc1ccccc1CC(=O)Nc1nc(-c2ccc3c(c2)CCO3)cs1. The number of benzene rings is 2. The summed E-state index contributed by atoms with van der Waals surface area (Å²) in [5, 5.41) is 5.51. The van der Waals surface area contributed by atoms with Crippen LogP contribution in [0.15, 0.2) is 47.8 Å². The van der Waals surface area contributed by atoms with Crippen molar-refractivity contribution in [1.29, 1.82) is 0 Å². The quantitative estimate of drug-likeness (QED) is 0.766. The number of carbonyl (C=O) groups excluding carboxylic acids is 1. The van der Waals surface area contributed by atoms with Crippen molar-refractivity contribution in [2.45, 2.75) is 19.8 Å². The smallest absolute Gasteiger partial charge is 0.230 e. The van der Waals surface area contributed by atoms with Crippen LogP contribution in [0, 0.1) is 6.92 Å². The van der Waals surface area contributed by atoms with Gasteiger partial charge in [0.1, 0.15) is 5.75 Å². The van der Waals surface area contributed by atoms with Crippen molar-refractivity contribution in [1.82, 2.24) is 4.98 Å². The van der Waals surface area contributed by atoms with Crippen LogP contribution in [-0.2, 0) is 17.6 Å². The molecule has 0 unspecified atom stereocenters. The molecule has 4 rings (SSSR count). The van der Waals surface area contributed by atoms with E-state index in [4.69, 9.17) is 4.74 Å². The molecule has 2 heterocycles. The van der Waals surface area contributed by atoms with E-state index < -0.39 is 0 Å². The number of nitrogens with one attached hydrogen (secondary N) is 1. The average molecular weight is 350 g/mol. The van der Waals surface area contributed by atoms with Gasteiger partial charge in [0.25, 0.3) is 0 Å². The molecule has 1 aliphatic rings. The van der Waals surface area contributed by atoms with Gasteiger partial charge in [-0.1, -0.05) is 24.3 Å². The second kappa shape index (κ2) is 6.69. The normalized spacial score (nSPS) is 12.5. The predicted molar refractivity (Wildman–Crippen MR) is 100 cm³/mol. The standard InChI is InChI=1S/C20H18N2O2S/c1-13-4-2-3-5-14(13)11-19(23)22-20-21-17(12-25-20)15-6-7-18-16(10-15)8-9-24-18/h2-7,10,12H,8-9,11H2,1H3,(H,21,22,23). The number of amides is 1. The maximum Gasteiger partial charge on any atom is 0.230 e. The summed E-state index contributed by atoms with van der Waals surface area (Å²) in [6, 6.07) is 14.1. The number of thiazole rings is 1. The van der Waals surface area contributed by atoms with Gasteiger partial charge < -0.3 is 10.1 Å². The lowest BCUT2D eigenvalue weighted by Crippen LogP contribution is -2.14. The molecule has 4 nitrogen and oxygen atoms in total. The Hall–Kier alpha value is -2.66. The van der Waals surface area contributed by atoms with E-state index in [1.807, 2.05) is 48.7 Å². The zero-order chi connectivity index (χ0) is 17.2. The van der Waals surface area contributed by atoms with Crippen molar-refractivity contribution in [3.8, 4) is 17.0 Å². The van der Waals surface area contributed by atoms with E-state index in [2.05, 4.69) is 16.4 Å². The number of aromatic nitrogens is 1. The summed E-state index contributed by atoms with van der Waals surface area (Å²) in [7, 11) is 0. The molecule has 0 aliphatic carbocycles. The fourth-order valence-electron chi connectivity index (χ4n) is 2.95. The molecule has 0 radical (unpaired) electrons. The van der Waals surface area contributed by atoms with Crippen molar-refractivity contribution < 1.29 is 9.53 Å². The Labute approximate surface area is 150 Å². The first-order chi connectivity index (χ1) is 12.2. The molecule has 0 saturated heterocycles. The summed E-state index contributed by atoms with van der Waals surface area (Å²) in [6.45, 7) is 2.76. The largest absolute Gasteiger partial charge is 0.493 e. The minimum absolute atomic E-state index is 0.0439. The Balaban J connectivity index is 1.46. The summed E-state index contributed by atoms with van der Waals surface area (Å²) in [5.41, 5.74) is 5.31. The number of rotatable bonds is 4. The van der Waals surface area contributed by atoms with Crippen molar-refractivity contribution in [3.05, 3.63) is 64.5 Å². The fraction of sp³-hybridized carbons (Fsp3) is 0.200. The van der Waals surface area contributed by atoms with Crippen LogP contribution in [-0.4, -0.2) is 17.5 Å². The van der Waals surface area contributed by atoms with Gasteiger partial charge >= 0.3 is 0 Å². The van der Waals surface area contributed by atoms with Crippen LogP contribution in [0.3, 0.4) is 0 Å². The summed E-state index contributed by atoms with van der Waals surface area (Å²) in [5.74, 6) is 0.920. The molecule has 1 aliphatic heterocycles. The number of carbonyl (C=O) groups is 1. The predicted octanol–water partition coefficient (Wildman–Crippen LogP) is 4.23. The lowest BCUT2D eigenvalue weighted by Gasteiger charge is -2.05. The molecule has 25 heavy (non-hydrogen) atoms. The Bertz CT molecular complexity index is 933. The zero-order valence-corrected chi connectivity index (χ0v) is 14.7. The maximum atomic E-state index is 12.3. The average Bonchev–Trinajstić information content (AvgIpc) is 3.25. The van der Waals surface area contributed by atoms with Gasteiger partial charge in [-0.25, -0.2) is 4.98 Å². The summed E-state index contributed by atoms with van der Waals surface area (Å²) >= 11 is 1.45. The molecule has 0 spiro atoms. The molecule has 1 amide bonds. The monoisotopic (exact) mass is 350 g/mol. The van der Waals surface area contributed by atoms with Gasteiger partial charge in [0, 0.05) is 17.4 Å². The van der Waals surface area contributed by atoms with Crippen LogP contribution in [0.2, 0.25) is 0 Å². The Morgan fingerprint density at radius 1 is 1.28 bits per heavy atom. The minimum Gasteiger partial charge on any atom is -0.493 e. The number of nitrogens with zero attached hydrogens (tertiary/aromatic N) is 1. The van der Waals surface area contributed by atoms with E-state index in [-0.39, 0.29) is 5.91 Å². The van der Waals surface area contributed by atoms with Crippen LogP contribution < -0.4 is 10.1 Å². The van der Waals surface area contributed by atoms with Crippen LogP contribution >= 0.6 is 11.3 Å². The number of aryl methyl sites for hydroxylation is 1. The lowest BCUT2D eigenvalue weighted by atomic mass is 10.1. The Morgan fingerprint density at radius 2 is 2.16 bits per heavy atom. The molecule has 0 fully saturated rings. The number of hydrogen-bond acceptors (Lipinski definition) is 4. The number of fused-ring (bicyclic) bond motifs is 1. The highest BCUT2D eigenvalue weighted by atomic mass is 32.1. The molecule has 1 aromatic heterocycles. The molecule has 1 N–H and O–H groups in total. The van der Waals surface area contributed by atoms with Crippen molar-refractivity contribution in [2.75, 3.05) is 11.9 Å². The molecule has 126 valence electrons. The third-order valence-corrected chi connectivity index (χ3v) is 5.11. The zero-order valence-electron chi connectivity index (χ0n) is 13.9. The Kier molecular flexibility index (Phi) is 4.24. The molecule has 0 saturated carbocycles. The number of hydrogen-bond donors (Lipinski definition) is 1. The minimum atomic E-state index is -0.0439.